The third-order valence-corrected chi connectivity index (χ3v) is 3.01. The monoisotopic (exact) mass is 252 g/mol. The van der Waals surface area contributed by atoms with Crippen LogP contribution in [0.15, 0.2) is 17.1 Å². The first kappa shape index (κ1) is 14.9. The molecule has 0 unspecified atom stereocenters. The van der Waals surface area contributed by atoms with Crippen molar-refractivity contribution in [2.75, 3.05) is 32.7 Å². The molecule has 1 aromatic heterocycles. The lowest BCUT2D eigenvalue weighted by Gasteiger charge is -2.17. The highest BCUT2D eigenvalue weighted by Crippen LogP contribution is 1.86. The molecule has 0 atom stereocenters. The number of nitrogens with zero attached hydrogens (tertiary/aromatic N) is 3. The van der Waals surface area contributed by atoms with Gasteiger partial charge in [-0.1, -0.05) is 13.8 Å². The Kier molecular flexibility index (Phi) is 6.60. The van der Waals surface area contributed by atoms with Gasteiger partial charge >= 0.3 is 0 Å². The van der Waals surface area contributed by atoms with E-state index >= 15 is 0 Å². The number of aromatic nitrogens is 2. The van der Waals surface area contributed by atoms with E-state index in [0.717, 1.165) is 38.3 Å². The molecule has 5 heteroatoms. The van der Waals surface area contributed by atoms with E-state index in [1.165, 1.54) is 4.68 Å². The molecule has 102 valence electrons. The summed E-state index contributed by atoms with van der Waals surface area (Å²) in [5.41, 5.74) is 0.881. The normalized spacial score (nSPS) is 11.1. The van der Waals surface area contributed by atoms with Crippen LogP contribution < -0.4 is 10.9 Å². The molecule has 5 nitrogen and oxygen atoms in total. The van der Waals surface area contributed by atoms with Gasteiger partial charge in [0, 0.05) is 25.7 Å². The van der Waals surface area contributed by atoms with Crippen LogP contribution in [-0.2, 0) is 6.54 Å². The maximum atomic E-state index is 11.6. The Morgan fingerprint density at radius 1 is 1.33 bits per heavy atom. The predicted molar refractivity (Wildman–Crippen MR) is 73.9 cm³/mol. The molecule has 0 amide bonds. The summed E-state index contributed by atoms with van der Waals surface area (Å²) < 4.78 is 1.50. The van der Waals surface area contributed by atoms with Crippen LogP contribution in [0.4, 0.5) is 0 Å². The van der Waals surface area contributed by atoms with Gasteiger partial charge < -0.3 is 10.2 Å². The largest absolute Gasteiger partial charge is 0.314 e. The zero-order valence-electron chi connectivity index (χ0n) is 11.6. The van der Waals surface area contributed by atoms with E-state index in [4.69, 9.17) is 0 Å². The fraction of sp³-hybridized carbons (Fsp3) is 0.692. The molecule has 0 bridgehead atoms. The maximum absolute atomic E-state index is 11.6. The first-order chi connectivity index (χ1) is 8.67. The molecule has 0 spiro atoms. The van der Waals surface area contributed by atoms with Crippen molar-refractivity contribution in [1.29, 1.82) is 0 Å². The first-order valence-corrected chi connectivity index (χ1v) is 6.64. The Morgan fingerprint density at radius 2 is 2.06 bits per heavy atom. The Hall–Kier alpha value is -1.20. The van der Waals surface area contributed by atoms with Crippen molar-refractivity contribution in [3.8, 4) is 0 Å². The quantitative estimate of drug-likeness (QED) is 0.684. The molecule has 0 saturated heterocycles. The second-order valence-corrected chi connectivity index (χ2v) is 4.37. The number of aryl methyl sites for hydroxylation is 1. The number of hydrogen-bond donors (Lipinski definition) is 1. The molecule has 0 aliphatic carbocycles. The van der Waals surface area contributed by atoms with Gasteiger partial charge in [-0.05, 0) is 25.6 Å². The molecule has 1 aromatic rings. The lowest BCUT2D eigenvalue weighted by Crippen LogP contribution is -2.34. The first-order valence-electron chi connectivity index (χ1n) is 6.64. The van der Waals surface area contributed by atoms with E-state index in [-0.39, 0.29) is 5.56 Å². The smallest absolute Gasteiger partial charge is 0.267 e. The second-order valence-electron chi connectivity index (χ2n) is 4.37. The molecular weight excluding hydrogens is 228 g/mol. The average molecular weight is 252 g/mol. The minimum Gasteiger partial charge on any atom is -0.314 e. The third kappa shape index (κ3) is 4.98. The molecular formula is C13H24N4O. The average Bonchev–Trinajstić information content (AvgIpc) is 2.36. The van der Waals surface area contributed by atoms with Crippen LogP contribution in [0.5, 0.6) is 0 Å². The molecule has 1 rings (SSSR count). The van der Waals surface area contributed by atoms with E-state index in [0.29, 0.717) is 6.54 Å². The van der Waals surface area contributed by atoms with E-state index in [9.17, 15) is 4.79 Å². The highest BCUT2D eigenvalue weighted by Gasteiger charge is 1.99. The van der Waals surface area contributed by atoms with Gasteiger partial charge in [-0.25, -0.2) is 4.68 Å². The van der Waals surface area contributed by atoms with Crippen molar-refractivity contribution in [2.24, 2.45) is 0 Å². The van der Waals surface area contributed by atoms with Gasteiger partial charge in [-0.2, -0.15) is 5.10 Å². The lowest BCUT2D eigenvalue weighted by atomic mass is 10.3. The van der Waals surface area contributed by atoms with Crippen molar-refractivity contribution in [3.63, 3.8) is 0 Å². The Bertz CT molecular complexity index is 398. The summed E-state index contributed by atoms with van der Waals surface area (Å²) in [4.78, 5) is 13.9. The summed E-state index contributed by atoms with van der Waals surface area (Å²) in [7, 11) is 0. The maximum Gasteiger partial charge on any atom is 0.267 e. The highest BCUT2D eigenvalue weighted by molar-refractivity contribution is 5.02. The van der Waals surface area contributed by atoms with Crippen LogP contribution in [0.25, 0.3) is 0 Å². The Balaban J connectivity index is 2.24. The molecule has 18 heavy (non-hydrogen) atoms. The SMILES string of the molecule is CCN(CC)CCNCCn1ncc(C)cc1=O. The molecule has 1 N–H and O–H groups in total. The predicted octanol–water partition coefficient (Wildman–Crippen LogP) is 0.483. The highest BCUT2D eigenvalue weighted by atomic mass is 16.1. The second kappa shape index (κ2) is 8.00. The number of hydrogen-bond acceptors (Lipinski definition) is 4. The fourth-order valence-electron chi connectivity index (χ4n) is 1.78. The number of nitrogens with one attached hydrogen (secondary N) is 1. The summed E-state index contributed by atoms with van der Waals surface area (Å²) in [6.07, 6.45) is 1.72. The zero-order valence-corrected chi connectivity index (χ0v) is 11.6. The van der Waals surface area contributed by atoms with Crippen molar-refractivity contribution < 1.29 is 0 Å². The molecule has 0 aliphatic heterocycles. The topological polar surface area (TPSA) is 50.2 Å². The van der Waals surface area contributed by atoms with Crippen LogP contribution in [0, 0.1) is 6.92 Å². The standard InChI is InChI=1S/C13H24N4O/c1-4-16(5-2)8-6-14-7-9-17-13(18)10-12(3)11-15-17/h10-11,14H,4-9H2,1-3H3. The van der Waals surface area contributed by atoms with E-state index in [1.807, 2.05) is 6.92 Å². The van der Waals surface area contributed by atoms with Crippen LogP contribution in [0.1, 0.15) is 19.4 Å². The summed E-state index contributed by atoms with van der Waals surface area (Å²) in [6, 6.07) is 1.61. The summed E-state index contributed by atoms with van der Waals surface area (Å²) in [5, 5.41) is 7.43. The molecule has 0 saturated carbocycles. The Labute approximate surface area is 109 Å². The van der Waals surface area contributed by atoms with Crippen LogP contribution >= 0.6 is 0 Å². The minimum atomic E-state index is -0.0273. The van der Waals surface area contributed by atoms with Crippen molar-refractivity contribution in [1.82, 2.24) is 20.0 Å². The van der Waals surface area contributed by atoms with E-state index in [1.54, 1.807) is 12.3 Å². The van der Waals surface area contributed by atoms with E-state index < -0.39 is 0 Å². The van der Waals surface area contributed by atoms with Gasteiger partial charge in [0.2, 0.25) is 0 Å². The van der Waals surface area contributed by atoms with Gasteiger partial charge in [0.05, 0.1) is 12.7 Å². The summed E-state index contributed by atoms with van der Waals surface area (Å²) in [5.74, 6) is 0. The van der Waals surface area contributed by atoms with Gasteiger partial charge in [-0.15, -0.1) is 0 Å². The van der Waals surface area contributed by atoms with Gasteiger partial charge in [0.1, 0.15) is 0 Å². The summed E-state index contributed by atoms with van der Waals surface area (Å²) >= 11 is 0. The van der Waals surface area contributed by atoms with Gasteiger partial charge in [0.25, 0.3) is 5.56 Å². The fourth-order valence-corrected chi connectivity index (χ4v) is 1.78. The summed E-state index contributed by atoms with van der Waals surface area (Å²) in [6.45, 7) is 11.8. The van der Waals surface area contributed by atoms with Crippen LogP contribution in [0.2, 0.25) is 0 Å². The van der Waals surface area contributed by atoms with Gasteiger partial charge in [-0.3, -0.25) is 4.79 Å². The molecule has 0 aliphatic rings. The molecule has 1 heterocycles. The van der Waals surface area contributed by atoms with E-state index in [2.05, 4.69) is 29.2 Å². The third-order valence-electron chi connectivity index (χ3n) is 3.01. The van der Waals surface area contributed by atoms with Crippen molar-refractivity contribution in [3.05, 3.63) is 28.2 Å². The number of rotatable bonds is 8. The Morgan fingerprint density at radius 3 is 2.67 bits per heavy atom. The van der Waals surface area contributed by atoms with Crippen molar-refractivity contribution in [2.45, 2.75) is 27.3 Å². The van der Waals surface area contributed by atoms with Gasteiger partial charge in [0.15, 0.2) is 0 Å². The molecule has 0 fully saturated rings. The zero-order chi connectivity index (χ0) is 13.4. The minimum absolute atomic E-state index is 0.0273. The lowest BCUT2D eigenvalue weighted by molar-refractivity contribution is 0.301. The van der Waals surface area contributed by atoms with Crippen LogP contribution in [-0.4, -0.2) is 47.4 Å². The molecule has 0 aromatic carbocycles. The van der Waals surface area contributed by atoms with Crippen LogP contribution in [0.3, 0.4) is 0 Å². The molecule has 0 radical (unpaired) electrons. The van der Waals surface area contributed by atoms with Crippen molar-refractivity contribution >= 4 is 0 Å². The number of likely N-dealkylation sites (N-methyl/N-ethyl adjacent to an activating group) is 1.